The molecular formula is C8H26O11Si8. The Morgan fingerprint density at radius 3 is 1.56 bits per heavy atom. The zero-order valence-corrected chi connectivity index (χ0v) is 24.7. The summed E-state index contributed by atoms with van der Waals surface area (Å²) < 4.78 is 62.5. The molecule has 4 fully saturated rings. The van der Waals surface area contributed by atoms with E-state index < -0.39 is 71.2 Å². The number of rotatable bonds is 0. The maximum Gasteiger partial charge on any atom is 0.480 e. The Morgan fingerprint density at radius 1 is 0.630 bits per heavy atom. The summed E-state index contributed by atoms with van der Waals surface area (Å²) in [7, 11) is -24.3. The van der Waals surface area contributed by atoms with Gasteiger partial charge >= 0.3 is 62.1 Å². The molecular weight excluding hydrogens is 497 g/mol. The molecule has 11 nitrogen and oxygen atoms in total. The van der Waals surface area contributed by atoms with Crippen LogP contribution in [0.3, 0.4) is 0 Å². The van der Waals surface area contributed by atoms with Gasteiger partial charge in [-0.05, 0) is 13.1 Å². The Labute approximate surface area is 168 Å². The van der Waals surface area contributed by atoms with E-state index in [9.17, 15) is 4.80 Å². The van der Waals surface area contributed by atoms with Crippen molar-refractivity contribution in [2.75, 3.05) is 0 Å². The second kappa shape index (κ2) is 6.40. The minimum Gasteiger partial charge on any atom is -0.420 e. The van der Waals surface area contributed by atoms with Crippen LogP contribution in [-0.4, -0.2) is 75.9 Å². The molecule has 0 spiro atoms. The van der Waals surface area contributed by atoms with Gasteiger partial charge in [0, 0.05) is 38.4 Å². The fraction of sp³-hybridized carbons (Fsp3) is 1.00. The van der Waals surface area contributed by atoms with E-state index >= 15 is 0 Å². The minimum absolute atomic E-state index is 0.666. The highest BCUT2D eigenvalue weighted by Crippen LogP contribution is 2.41. The molecule has 156 valence electrons. The molecule has 0 amide bonds. The number of hydrogen-bond acceptors (Lipinski definition) is 11. The molecule has 6 bridgehead atoms. The Balaban J connectivity index is 1.88. The van der Waals surface area contributed by atoms with Crippen molar-refractivity contribution in [1.82, 2.24) is 0 Å². The van der Waals surface area contributed by atoms with Gasteiger partial charge in [-0.25, -0.2) is 0 Å². The van der Waals surface area contributed by atoms with E-state index in [0.717, 1.165) is 0 Å². The third-order valence-electron chi connectivity index (χ3n) is 4.30. The monoisotopic (exact) mass is 522 g/mol. The first-order valence-corrected chi connectivity index (χ1v) is 26.3. The highest BCUT2D eigenvalue weighted by atomic mass is 28.6. The van der Waals surface area contributed by atoms with Gasteiger partial charge in [-0.2, -0.15) is 0 Å². The van der Waals surface area contributed by atoms with E-state index in [1.807, 2.05) is 6.55 Å². The Kier molecular flexibility index (Phi) is 5.10. The van der Waals surface area contributed by atoms with Gasteiger partial charge in [-0.1, -0.05) is 0 Å². The molecule has 0 aliphatic carbocycles. The van der Waals surface area contributed by atoms with E-state index in [2.05, 4.69) is 6.55 Å². The van der Waals surface area contributed by atoms with E-state index in [4.69, 9.17) is 41.2 Å². The standard InChI is InChI=1S/C8H26O11Si8/c1-20-8-22(2)14-25(5)11-21-12-26(6,15-22)18-24(4,10-20)19-27(7,13-21)17-23(3,9)16-25/h9,20-21H,8H2,1-7H3. The minimum atomic E-state index is -3.68. The van der Waals surface area contributed by atoms with Gasteiger partial charge in [-0.15, -0.1) is 0 Å². The third-order valence-corrected chi connectivity index (χ3v) is 38.7. The molecule has 0 aromatic heterocycles. The summed E-state index contributed by atoms with van der Waals surface area (Å²) in [6.07, 6.45) is 0. The lowest BCUT2D eigenvalue weighted by molar-refractivity contribution is 0.0414. The van der Waals surface area contributed by atoms with Crippen molar-refractivity contribution < 1.29 is 45.9 Å². The molecule has 0 saturated carbocycles. The van der Waals surface area contributed by atoms with Crippen molar-refractivity contribution in [2.24, 2.45) is 0 Å². The van der Waals surface area contributed by atoms with E-state index in [1.54, 1.807) is 26.2 Å². The molecule has 4 aliphatic rings. The van der Waals surface area contributed by atoms with Gasteiger partial charge in [0.05, 0.1) is 0 Å². The van der Waals surface area contributed by atoms with Crippen LogP contribution >= 0.6 is 0 Å². The molecule has 4 aliphatic heterocycles. The average Bonchev–Trinajstić information content (AvgIpc) is 2.25. The SMILES string of the molecule is C[SiH]1C[Si]2(C)O[Si]3(C)O[SiH]4O[Si](C)(O[Si](C)(O)O3)O[Si](C)(O1)O[Si](C)(O4)O2. The van der Waals surface area contributed by atoms with Gasteiger partial charge in [-0.3, -0.25) is 0 Å². The highest BCUT2D eigenvalue weighted by Gasteiger charge is 2.69. The predicted molar refractivity (Wildman–Crippen MR) is 108 cm³/mol. The van der Waals surface area contributed by atoms with Gasteiger partial charge in [0.25, 0.3) is 0 Å². The fourth-order valence-corrected chi connectivity index (χ4v) is 45.9. The molecule has 1 N–H and O–H groups in total. The number of fused-ring (bicyclic) bond motifs is 4. The van der Waals surface area contributed by atoms with Gasteiger partial charge < -0.3 is 45.9 Å². The summed E-state index contributed by atoms with van der Waals surface area (Å²) in [5.41, 5.74) is 0.666. The van der Waals surface area contributed by atoms with Crippen molar-refractivity contribution in [3.63, 3.8) is 0 Å². The fourth-order valence-electron chi connectivity index (χ4n) is 4.07. The summed E-state index contributed by atoms with van der Waals surface area (Å²) in [5.74, 6) is 0. The van der Waals surface area contributed by atoms with E-state index in [-0.39, 0.29) is 0 Å². The van der Waals surface area contributed by atoms with E-state index in [1.165, 1.54) is 6.55 Å². The van der Waals surface area contributed by atoms with Crippen LogP contribution < -0.4 is 0 Å². The molecule has 4 saturated heterocycles. The average molecular weight is 523 g/mol. The first kappa shape index (κ1) is 21.5. The second-order valence-electron chi connectivity index (χ2n) is 7.87. The lowest BCUT2D eigenvalue weighted by Crippen LogP contribution is -2.78. The van der Waals surface area contributed by atoms with Crippen molar-refractivity contribution in [3.8, 4) is 0 Å². The summed E-state index contributed by atoms with van der Waals surface area (Å²) in [6, 6.07) is 0. The van der Waals surface area contributed by atoms with Gasteiger partial charge in [0.2, 0.25) is 0 Å². The van der Waals surface area contributed by atoms with Crippen LogP contribution in [0.2, 0.25) is 51.5 Å². The molecule has 4 rings (SSSR count). The van der Waals surface area contributed by atoms with E-state index in [0.29, 0.717) is 5.67 Å². The molecule has 19 heteroatoms. The summed E-state index contributed by atoms with van der Waals surface area (Å²) in [5, 5.41) is 0. The molecule has 0 radical (unpaired) electrons. The van der Waals surface area contributed by atoms with Crippen LogP contribution in [0.5, 0.6) is 0 Å². The molecule has 4 heterocycles. The zero-order chi connectivity index (χ0) is 19.9. The summed E-state index contributed by atoms with van der Waals surface area (Å²) in [6.45, 7) is 12.5. The molecule has 0 aromatic rings. The second-order valence-corrected chi connectivity index (χ2v) is 31.3. The quantitative estimate of drug-likeness (QED) is 0.424. The van der Waals surface area contributed by atoms with Crippen LogP contribution in [0.4, 0.5) is 0 Å². The maximum absolute atomic E-state index is 10.9. The van der Waals surface area contributed by atoms with Crippen LogP contribution in [0.15, 0.2) is 0 Å². The molecule has 8 atom stereocenters. The van der Waals surface area contributed by atoms with Crippen molar-refractivity contribution in [2.45, 2.75) is 51.5 Å². The third kappa shape index (κ3) is 4.50. The van der Waals surface area contributed by atoms with Crippen LogP contribution in [0, 0.1) is 0 Å². The topological polar surface area (TPSA) is 113 Å². The summed E-state index contributed by atoms with van der Waals surface area (Å²) in [4.78, 5) is 10.9. The lowest BCUT2D eigenvalue weighted by atomic mass is 11.8. The summed E-state index contributed by atoms with van der Waals surface area (Å²) >= 11 is 0. The predicted octanol–water partition coefficient (Wildman–Crippen LogP) is -0.275. The molecule has 27 heavy (non-hydrogen) atoms. The highest BCUT2D eigenvalue weighted by molar-refractivity contribution is 6.98. The Morgan fingerprint density at radius 2 is 1.04 bits per heavy atom. The Bertz CT molecular complexity index is 593. The van der Waals surface area contributed by atoms with Crippen LogP contribution in [-0.2, 0) is 41.2 Å². The van der Waals surface area contributed by atoms with Crippen molar-refractivity contribution in [3.05, 3.63) is 0 Å². The van der Waals surface area contributed by atoms with Crippen molar-refractivity contribution in [1.29, 1.82) is 0 Å². The van der Waals surface area contributed by atoms with Gasteiger partial charge in [0.1, 0.15) is 0 Å². The first-order valence-electron chi connectivity index (χ1n) is 8.77. The smallest absolute Gasteiger partial charge is 0.420 e. The lowest BCUT2D eigenvalue weighted by Gasteiger charge is -2.54. The van der Waals surface area contributed by atoms with Crippen LogP contribution in [0.25, 0.3) is 0 Å². The molecule has 8 unspecified atom stereocenters. The van der Waals surface area contributed by atoms with Crippen LogP contribution in [0.1, 0.15) is 0 Å². The molecule has 0 aromatic carbocycles. The Hall–Kier alpha value is 1.30. The largest absolute Gasteiger partial charge is 0.480 e. The normalized spacial score (nSPS) is 61.3. The number of hydrogen-bond donors (Lipinski definition) is 1. The maximum atomic E-state index is 10.9. The van der Waals surface area contributed by atoms with Gasteiger partial charge in [0.15, 0.2) is 9.04 Å². The first-order chi connectivity index (χ1) is 12.1. The zero-order valence-electron chi connectivity index (χ0n) is 16.4. The van der Waals surface area contributed by atoms with Crippen molar-refractivity contribution >= 4 is 71.2 Å².